The summed E-state index contributed by atoms with van der Waals surface area (Å²) in [7, 11) is 0. The fourth-order valence-corrected chi connectivity index (χ4v) is 2.27. The molecule has 0 bridgehead atoms. The summed E-state index contributed by atoms with van der Waals surface area (Å²) in [5.41, 5.74) is 2.38. The first-order chi connectivity index (χ1) is 6.00. The second-order valence-electron chi connectivity index (χ2n) is 3.37. The van der Waals surface area contributed by atoms with Crippen molar-refractivity contribution in [2.45, 2.75) is 17.0 Å². The van der Waals surface area contributed by atoms with E-state index in [0.717, 1.165) is 11.1 Å². The predicted octanol–water partition coefficient (Wildman–Crippen LogP) is 2.83. The zero-order chi connectivity index (χ0) is 9.64. The van der Waals surface area contributed by atoms with Crippen LogP contribution in [0.3, 0.4) is 0 Å². The maximum absolute atomic E-state index is 13.6. The number of carbonyl (C=O) groups is 1. The summed E-state index contributed by atoms with van der Waals surface area (Å²) in [5, 5.41) is 0. The molecule has 2 rings (SSSR count). The molecule has 0 saturated heterocycles. The Labute approximate surface area is 89.5 Å². The lowest BCUT2D eigenvalue weighted by molar-refractivity contribution is 0.0882. The number of Topliss-reactive ketones (excluding diaryl/α,β-unsaturated/α-hetero) is 1. The first-order valence-corrected chi connectivity index (χ1v) is 5.11. The van der Waals surface area contributed by atoms with E-state index in [9.17, 15) is 9.18 Å². The molecular weight excluding hydrogens is 282 g/mol. The molecule has 1 atom stereocenters. The molecule has 0 saturated carbocycles. The monoisotopic (exact) mass is 290 g/mol. The van der Waals surface area contributed by atoms with Crippen LogP contribution >= 0.6 is 22.6 Å². The fraction of sp³-hybridized carbons (Fsp3) is 0.300. The first-order valence-electron chi connectivity index (χ1n) is 4.03. The standard InChI is InChI=1S/C10H8FIO/c1-6-2-3-7-5-10(11,12)9(13)8(7)4-6/h2-4H,5H2,1H3. The number of hydrogen-bond acceptors (Lipinski definition) is 1. The molecule has 0 heterocycles. The highest BCUT2D eigenvalue weighted by molar-refractivity contribution is 14.1. The van der Waals surface area contributed by atoms with Gasteiger partial charge in [0.15, 0.2) is 0 Å². The van der Waals surface area contributed by atoms with Gasteiger partial charge in [-0.2, -0.15) is 0 Å². The van der Waals surface area contributed by atoms with E-state index in [-0.39, 0.29) is 12.2 Å². The van der Waals surface area contributed by atoms with Crippen molar-refractivity contribution >= 4 is 28.4 Å². The summed E-state index contributed by atoms with van der Waals surface area (Å²) in [6.45, 7) is 1.90. The van der Waals surface area contributed by atoms with Crippen molar-refractivity contribution in [3.63, 3.8) is 0 Å². The van der Waals surface area contributed by atoms with E-state index in [1.54, 1.807) is 28.7 Å². The third-order valence-electron chi connectivity index (χ3n) is 2.25. The number of halogens is 2. The highest BCUT2D eigenvalue weighted by atomic mass is 127. The van der Waals surface area contributed by atoms with Gasteiger partial charge in [-0.3, -0.25) is 4.79 Å². The Morgan fingerprint density at radius 2 is 2.23 bits per heavy atom. The highest BCUT2D eigenvalue weighted by Gasteiger charge is 2.43. The Morgan fingerprint density at radius 1 is 1.54 bits per heavy atom. The number of alkyl halides is 2. The van der Waals surface area contributed by atoms with Crippen LogP contribution in [0, 0.1) is 6.92 Å². The second kappa shape index (κ2) is 2.77. The lowest BCUT2D eigenvalue weighted by Crippen LogP contribution is -2.21. The molecule has 0 aliphatic heterocycles. The van der Waals surface area contributed by atoms with Crippen molar-refractivity contribution in [1.29, 1.82) is 0 Å². The van der Waals surface area contributed by atoms with Crippen LogP contribution in [0.5, 0.6) is 0 Å². The molecule has 1 nitrogen and oxygen atoms in total. The number of fused-ring (bicyclic) bond motifs is 1. The van der Waals surface area contributed by atoms with E-state index in [1.807, 2.05) is 19.1 Å². The van der Waals surface area contributed by atoms with E-state index < -0.39 is 3.68 Å². The van der Waals surface area contributed by atoms with Gasteiger partial charge in [0.2, 0.25) is 9.46 Å². The molecule has 0 fully saturated rings. The molecule has 13 heavy (non-hydrogen) atoms. The molecule has 1 unspecified atom stereocenters. The van der Waals surface area contributed by atoms with Crippen LogP contribution in [-0.4, -0.2) is 9.46 Å². The van der Waals surface area contributed by atoms with Gasteiger partial charge in [-0.1, -0.05) is 17.7 Å². The van der Waals surface area contributed by atoms with Crippen molar-refractivity contribution in [1.82, 2.24) is 0 Å². The Morgan fingerprint density at radius 3 is 2.92 bits per heavy atom. The molecule has 0 aromatic heterocycles. The Kier molecular flexibility index (Phi) is 1.94. The second-order valence-corrected chi connectivity index (χ2v) is 5.08. The quantitative estimate of drug-likeness (QED) is 0.530. The van der Waals surface area contributed by atoms with Crippen LogP contribution in [0.1, 0.15) is 21.5 Å². The zero-order valence-corrected chi connectivity index (χ0v) is 9.26. The molecule has 1 aliphatic rings. The average Bonchev–Trinajstić information content (AvgIpc) is 2.26. The third-order valence-corrected chi connectivity index (χ3v) is 3.13. The van der Waals surface area contributed by atoms with Crippen LogP contribution in [0.25, 0.3) is 0 Å². The molecule has 0 radical (unpaired) electrons. The van der Waals surface area contributed by atoms with Gasteiger partial charge in [-0.15, -0.1) is 0 Å². The molecule has 0 amide bonds. The van der Waals surface area contributed by atoms with E-state index in [4.69, 9.17) is 0 Å². The number of aryl methyl sites for hydroxylation is 1. The number of hydrogen-bond donors (Lipinski definition) is 0. The molecule has 1 aromatic carbocycles. The minimum atomic E-state index is -1.71. The Hall–Kier alpha value is -0.450. The molecule has 68 valence electrons. The smallest absolute Gasteiger partial charge is 0.227 e. The summed E-state index contributed by atoms with van der Waals surface area (Å²) in [6, 6.07) is 5.50. The van der Waals surface area contributed by atoms with Gasteiger partial charge in [-0.25, -0.2) is 4.39 Å². The normalized spacial score (nSPS) is 26.2. The average molecular weight is 290 g/mol. The lowest BCUT2D eigenvalue weighted by Gasteiger charge is -2.05. The van der Waals surface area contributed by atoms with Gasteiger partial charge < -0.3 is 0 Å². The molecular formula is C10H8FIO. The van der Waals surface area contributed by atoms with Crippen LogP contribution in [0.4, 0.5) is 4.39 Å². The highest BCUT2D eigenvalue weighted by Crippen LogP contribution is 2.38. The van der Waals surface area contributed by atoms with Crippen molar-refractivity contribution in [3.8, 4) is 0 Å². The van der Waals surface area contributed by atoms with Gasteiger partial charge in [0.05, 0.1) is 0 Å². The topological polar surface area (TPSA) is 17.1 Å². The molecule has 1 aliphatic carbocycles. The fourth-order valence-electron chi connectivity index (χ4n) is 1.57. The van der Waals surface area contributed by atoms with Crippen LogP contribution in [0.15, 0.2) is 18.2 Å². The van der Waals surface area contributed by atoms with Crippen molar-refractivity contribution in [2.24, 2.45) is 0 Å². The molecule has 3 heteroatoms. The number of carbonyl (C=O) groups excluding carboxylic acids is 1. The van der Waals surface area contributed by atoms with E-state index in [2.05, 4.69) is 0 Å². The summed E-state index contributed by atoms with van der Waals surface area (Å²) in [6.07, 6.45) is 0.210. The predicted molar refractivity (Wildman–Crippen MR) is 57.1 cm³/mol. The van der Waals surface area contributed by atoms with Crippen LogP contribution in [0.2, 0.25) is 0 Å². The van der Waals surface area contributed by atoms with Gasteiger partial charge >= 0.3 is 0 Å². The van der Waals surface area contributed by atoms with E-state index in [0.29, 0.717) is 5.56 Å². The number of benzene rings is 1. The lowest BCUT2D eigenvalue weighted by atomic mass is 10.1. The molecule has 0 spiro atoms. The maximum atomic E-state index is 13.6. The van der Waals surface area contributed by atoms with Gasteiger partial charge in [0.25, 0.3) is 0 Å². The maximum Gasteiger partial charge on any atom is 0.227 e. The summed E-state index contributed by atoms with van der Waals surface area (Å²) >= 11 is 1.58. The van der Waals surface area contributed by atoms with Gasteiger partial charge in [0.1, 0.15) is 0 Å². The van der Waals surface area contributed by atoms with Crippen LogP contribution < -0.4 is 0 Å². The van der Waals surface area contributed by atoms with E-state index >= 15 is 0 Å². The minimum absolute atomic E-state index is 0.210. The summed E-state index contributed by atoms with van der Waals surface area (Å²) in [4.78, 5) is 11.5. The SMILES string of the molecule is Cc1ccc2c(c1)C(=O)C(F)(I)C2. The number of rotatable bonds is 0. The first kappa shape index (κ1) is 9.12. The molecule has 1 aromatic rings. The van der Waals surface area contributed by atoms with Gasteiger partial charge in [-0.05, 0) is 41.1 Å². The number of ketones is 1. The third kappa shape index (κ3) is 1.39. The van der Waals surface area contributed by atoms with Crippen molar-refractivity contribution < 1.29 is 9.18 Å². The van der Waals surface area contributed by atoms with Crippen LogP contribution in [-0.2, 0) is 6.42 Å². The largest absolute Gasteiger partial charge is 0.290 e. The molecule has 0 N–H and O–H groups in total. The van der Waals surface area contributed by atoms with Crippen molar-refractivity contribution in [3.05, 3.63) is 34.9 Å². The van der Waals surface area contributed by atoms with Crippen molar-refractivity contribution in [2.75, 3.05) is 0 Å². The Balaban J connectivity index is 2.57. The summed E-state index contributed by atoms with van der Waals surface area (Å²) < 4.78 is 11.9. The van der Waals surface area contributed by atoms with Gasteiger partial charge in [0, 0.05) is 12.0 Å². The zero-order valence-electron chi connectivity index (χ0n) is 7.10. The minimum Gasteiger partial charge on any atom is -0.290 e. The Bertz CT molecular complexity index is 385. The summed E-state index contributed by atoms with van der Waals surface area (Å²) in [5.74, 6) is -0.383. The van der Waals surface area contributed by atoms with E-state index in [1.165, 1.54) is 0 Å².